The van der Waals surface area contributed by atoms with Crippen molar-refractivity contribution in [2.24, 2.45) is 7.05 Å². The Morgan fingerprint density at radius 3 is 2.09 bits per heavy atom. The number of carbonyl (C=O) groups excluding carboxylic acids is 1. The van der Waals surface area contributed by atoms with Gasteiger partial charge >= 0.3 is 5.97 Å². The van der Waals surface area contributed by atoms with Crippen LogP contribution in [-0.4, -0.2) is 32.4 Å². The molecule has 0 radical (unpaired) electrons. The quantitative estimate of drug-likeness (QED) is 0.489. The monoisotopic (exact) mass is 477 g/mol. The summed E-state index contributed by atoms with van der Waals surface area (Å²) < 4.78 is 7.47. The van der Waals surface area contributed by atoms with Crippen molar-refractivity contribution in [3.63, 3.8) is 0 Å². The molecule has 186 valence electrons. The number of nitrogens with zero attached hydrogens (tertiary/aromatic N) is 2. The molecule has 35 heavy (non-hydrogen) atoms. The van der Waals surface area contributed by atoms with Crippen LogP contribution in [0, 0.1) is 13.8 Å². The van der Waals surface area contributed by atoms with Gasteiger partial charge in [0.1, 0.15) is 5.75 Å². The molecule has 0 fully saturated rings. The van der Waals surface area contributed by atoms with Gasteiger partial charge in [0.05, 0.1) is 5.69 Å². The van der Waals surface area contributed by atoms with E-state index in [1.54, 1.807) is 10.7 Å². The molecule has 0 atom stereocenters. The molecule has 1 aromatic heterocycles. The van der Waals surface area contributed by atoms with Gasteiger partial charge in [-0.2, -0.15) is 5.10 Å². The van der Waals surface area contributed by atoms with Crippen molar-refractivity contribution < 1.29 is 19.4 Å². The van der Waals surface area contributed by atoms with E-state index in [1.807, 2.05) is 33.0 Å². The topological polar surface area (TPSA) is 93.5 Å². The fraction of sp³-hybridized carbons (Fsp3) is 0.393. The van der Waals surface area contributed by atoms with E-state index in [-0.39, 0.29) is 11.3 Å². The van der Waals surface area contributed by atoms with E-state index < -0.39 is 11.6 Å². The van der Waals surface area contributed by atoms with E-state index in [2.05, 4.69) is 55.5 Å². The number of carboxylic acid groups (broad SMARTS) is 1. The molecule has 0 aliphatic rings. The number of carbonyl (C=O) groups is 2. The molecule has 0 aliphatic carbocycles. The Hall–Kier alpha value is -3.61. The predicted octanol–water partition coefficient (Wildman–Crippen LogP) is 5.17. The number of ether oxygens (including phenoxy) is 1. The summed E-state index contributed by atoms with van der Waals surface area (Å²) >= 11 is 0. The van der Waals surface area contributed by atoms with Gasteiger partial charge in [-0.1, -0.05) is 57.2 Å². The molecule has 0 bridgehead atoms. The van der Waals surface area contributed by atoms with E-state index in [9.17, 15) is 14.7 Å². The Morgan fingerprint density at radius 2 is 1.57 bits per heavy atom. The lowest BCUT2D eigenvalue weighted by atomic mass is 9.86. The Kier molecular flexibility index (Phi) is 7.11. The number of aryl methyl sites for hydroxylation is 3. The number of amides is 1. The van der Waals surface area contributed by atoms with Crippen LogP contribution in [0.5, 0.6) is 5.75 Å². The summed E-state index contributed by atoms with van der Waals surface area (Å²) in [6.07, 6.45) is 0. The van der Waals surface area contributed by atoms with Crippen LogP contribution in [0.3, 0.4) is 0 Å². The first-order valence-corrected chi connectivity index (χ1v) is 11.6. The lowest BCUT2D eigenvalue weighted by Gasteiger charge is -2.24. The summed E-state index contributed by atoms with van der Waals surface area (Å²) in [6, 6.07) is 13.9. The molecule has 0 saturated carbocycles. The predicted molar refractivity (Wildman–Crippen MR) is 137 cm³/mol. The zero-order valence-corrected chi connectivity index (χ0v) is 21.8. The maximum atomic E-state index is 12.8. The maximum absolute atomic E-state index is 12.8. The third-order valence-electron chi connectivity index (χ3n) is 6.00. The first-order valence-electron chi connectivity index (χ1n) is 11.6. The normalized spacial score (nSPS) is 11.9. The Bertz CT molecular complexity index is 1230. The highest BCUT2D eigenvalue weighted by molar-refractivity contribution is 5.93. The van der Waals surface area contributed by atoms with Crippen molar-refractivity contribution in [3.8, 4) is 17.0 Å². The Balaban J connectivity index is 1.72. The molecule has 2 aromatic carbocycles. The summed E-state index contributed by atoms with van der Waals surface area (Å²) in [6.45, 7) is 13.6. The van der Waals surface area contributed by atoms with Crippen LogP contribution in [0.25, 0.3) is 11.3 Å². The second kappa shape index (κ2) is 9.56. The molecule has 3 aromatic rings. The molecule has 0 saturated heterocycles. The summed E-state index contributed by atoms with van der Waals surface area (Å²) in [5, 5.41) is 16.7. The van der Waals surface area contributed by atoms with Crippen LogP contribution in [0.4, 0.5) is 0 Å². The van der Waals surface area contributed by atoms with Gasteiger partial charge in [0.2, 0.25) is 0 Å². The Morgan fingerprint density at radius 1 is 1.00 bits per heavy atom. The van der Waals surface area contributed by atoms with Gasteiger partial charge in [-0.15, -0.1) is 0 Å². The van der Waals surface area contributed by atoms with E-state index in [4.69, 9.17) is 4.74 Å². The molecule has 2 N–H and O–H groups in total. The average Bonchev–Trinajstić information content (AvgIpc) is 3.15. The third-order valence-corrected chi connectivity index (χ3v) is 6.00. The Labute approximate surface area is 207 Å². The van der Waals surface area contributed by atoms with E-state index >= 15 is 0 Å². The van der Waals surface area contributed by atoms with Crippen molar-refractivity contribution in [2.75, 3.05) is 0 Å². The highest BCUT2D eigenvalue weighted by atomic mass is 16.5. The second-order valence-electron chi connectivity index (χ2n) is 10.5. The molecule has 0 aliphatic heterocycles. The van der Waals surface area contributed by atoms with Gasteiger partial charge in [-0.3, -0.25) is 9.48 Å². The number of hydrogen-bond donors (Lipinski definition) is 2. The SMILES string of the molecule is Cc1cc(CNC(=O)c2cc(-c3ccc(C(C)(C)C)cc3)n(C)n2)cc(C)c1OC(C)(C)C(=O)O. The van der Waals surface area contributed by atoms with Crippen molar-refractivity contribution in [1.29, 1.82) is 0 Å². The van der Waals surface area contributed by atoms with Gasteiger partial charge in [0, 0.05) is 13.6 Å². The number of carboxylic acids is 1. The van der Waals surface area contributed by atoms with Crippen LogP contribution in [-0.2, 0) is 23.8 Å². The largest absolute Gasteiger partial charge is 0.478 e. The minimum Gasteiger partial charge on any atom is -0.478 e. The molecule has 0 spiro atoms. The number of nitrogens with one attached hydrogen (secondary N) is 1. The van der Waals surface area contributed by atoms with Gasteiger partial charge in [-0.25, -0.2) is 4.79 Å². The van der Waals surface area contributed by atoms with Crippen molar-refractivity contribution in [2.45, 2.75) is 66.0 Å². The van der Waals surface area contributed by atoms with Crippen molar-refractivity contribution in [1.82, 2.24) is 15.1 Å². The summed E-state index contributed by atoms with van der Waals surface area (Å²) in [5.74, 6) is -0.757. The van der Waals surface area contributed by atoms with Gasteiger partial charge in [-0.05, 0) is 67.0 Å². The maximum Gasteiger partial charge on any atom is 0.347 e. The van der Waals surface area contributed by atoms with Crippen LogP contribution in [0.2, 0.25) is 0 Å². The molecule has 1 amide bonds. The van der Waals surface area contributed by atoms with Gasteiger partial charge < -0.3 is 15.2 Å². The standard InChI is InChI=1S/C28H35N3O4/c1-17-13-19(14-18(2)24(17)35-28(6,7)26(33)34)16-29-25(32)22-15-23(31(8)30-22)20-9-11-21(12-10-20)27(3,4)5/h9-15H,16H2,1-8H3,(H,29,32)(H,33,34). The molecular weight excluding hydrogens is 442 g/mol. The number of aromatic nitrogens is 2. The van der Waals surface area contributed by atoms with E-state index in [0.29, 0.717) is 18.0 Å². The lowest BCUT2D eigenvalue weighted by Crippen LogP contribution is -2.38. The molecule has 7 nitrogen and oxygen atoms in total. The molecule has 1 heterocycles. The first kappa shape index (κ1) is 26.0. The summed E-state index contributed by atoms with van der Waals surface area (Å²) in [4.78, 5) is 24.2. The number of hydrogen-bond acceptors (Lipinski definition) is 4. The number of benzene rings is 2. The zero-order valence-electron chi connectivity index (χ0n) is 21.8. The van der Waals surface area contributed by atoms with E-state index in [0.717, 1.165) is 27.9 Å². The van der Waals surface area contributed by atoms with Crippen LogP contribution in [0.15, 0.2) is 42.5 Å². The van der Waals surface area contributed by atoms with Crippen molar-refractivity contribution >= 4 is 11.9 Å². The highest BCUT2D eigenvalue weighted by Gasteiger charge is 2.30. The van der Waals surface area contributed by atoms with Gasteiger partial charge in [0.15, 0.2) is 11.3 Å². The minimum atomic E-state index is -1.34. The second-order valence-corrected chi connectivity index (χ2v) is 10.5. The van der Waals surface area contributed by atoms with Crippen LogP contribution >= 0.6 is 0 Å². The highest BCUT2D eigenvalue weighted by Crippen LogP contribution is 2.29. The van der Waals surface area contributed by atoms with Crippen LogP contribution < -0.4 is 10.1 Å². The molecular formula is C28H35N3O4. The fourth-order valence-corrected chi connectivity index (χ4v) is 3.86. The first-order chi connectivity index (χ1) is 16.2. The smallest absolute Gasteiger partial charge is 0.347 e. The summed E-state index contributed by atoms with van der Waals surface area (Å²) in [5.41, 5.74) is 4.70. The third kappa shape index (κ3) is 5.91. The summed E-state index contributed by atoms with van der Waals surface area (Å²) in [7, 11) is 1.83. The van der Waals surface area contributed by atoms with E-state index in [1.165, 1.54) is 19.4 Å². The molecule has 0 unspecified atom stereocenters. The van der Waals surface area contributed by atoms with Gasteiger partial charge in [0.25, 0.3) is 5.91 Å². The van der Waals surface area contributed by atoms with Crippen LogP contribution in [0.1, 0.15) is 67.4 Å². The number of aliphatic carboxylic acids is 1. The fourth-order valence-electron chi connectivity index (χ4n) is 3.86. The lowest BCUT2D eigenvalue weighted by molar-refractivity contribution is -0.152. The minimum absolute atomic E-state index is 0.0730. The average molecular weight is 478 g/mol. The number of rotatable bonds is 7. The zero-order chi connectivity index (χ0) is 26.1. The van der Waals surface area contributed by atoms with Crippen molar-refractivity contribution in [3.05, 3.63) is 70.4 Å². The molecule has 3 rings (SSSR count). The molecule has 7 heteroatoms.